The van der Waals surface area contributed by atoms with Crippen LogP contribution in [0.1, 0.15) is 41.6 Å². The zero-order valence-electron chi connectivity index (χ0n) is 16.6. The first kappa shape index (κ1) is 22.7. The number of carbonyl (C=O) groups excluding carboxylic acids is 2. The lowest BCUT2D eigenvalue weighted by Gasteiger charge is -2.31. The van der Waals surface area contributed by atoms with Gasteiger partial charge in [0.1, 0.15) is 0 Å². The number of nitrogens with two attached hydrogens (primary N) is 1. The summed E-state index contributed by atoms with van der Waals surface area (Å²) < 4.78 is 0. The van der Waals surface area contributed by atoms with Gasteiger partial charge in [-0.15, -0.1) is 12.4 Å². The summed E-state index contributed by atoms with van der Waals surface area (Å²) in [4.78, 5) is 25.0. The van der Waals surface area contributed by atoms with E-state index in [1.807, 2.05) is 43.3 Å². The number of anilines is 2. The molecule has 2 aromatic carbocycles. The first-order chi connectivity index (χ1) is 13.6. The summed E-state index contributed by atoms with van der Waals surface area (Å²) in [7, 11) is 0. The van der Waals surface area contributed by atoms with Crippen molar-refractivity contribution in [2.45, 2.75) is 38.6 Å². The molecule has 2 unspecified atom stereocenters. The maximum Gasteiger partial charge on any atom is 0.323 e. The third-order valence-electron chi connectivity index (χ3n) is 5.31. The zero-order chi connectivity index (χ0) is 19.9. The van der Waals surface area contributed by atoms with E-state index in [1.54, 1.807) is 12.1 Å². The minimum atomic E-state index is -0.345. The Labute approximate surface area is 178 Å². The van der Waals surface area contributed by atoms with Gasteiger partial charge in [-0.1, -0.05) is 37.1 Å². The van der Waals surface area contributed by atoms with Gasteiger partial charge in [-0.3, -0.25) is 4.79 Å². The van der Waals surface area contributed by atoms with Gasteiger partial charge in [-0.05, 0) is 62.1 Å². The van der Waals surface area contributed by atoms with E-state index >= 15 is 0 Å². The highest BCUT2D eigenvalue weighted by molar-refractivity contribution is 6.02. The predicted molar refractivity (Wildman–Crippen MR) is 120 cm³/mol. The first-order valence-corrected chi connectivity index (χ1v) is 9.81. The molecule has 0 aromatic heterocycles. The Hall–Kier alpha value is -2.57. The number of aryl methyl sites for hydroxylation is 1. The van der Waals surface area contributed by atoms with Crippen molar-refractivity contribution in [1.82, 2.24) is 5.32 Å². The molecule has 29 heavy (non-hydrogen) atoms. The van der Waals surface area contributed by atoms with Gasteiger partial charge in [-0.2, -0.15) is 0 Å². The average molecular weight is 417 g/mol. The second-order valence-corrected chi connectivity index (χ2v) is 7.34. The van der Waals surface area contributed by atoms with E-state index in [4.69, 9.17) is 5.73 Å². The molecule has 2 atom stereocenters. The molecule has 1 aliphatic rings. The van der Waals surface area contributed by atoms with Crippen molar-refractivity contribution in [2.24, 2.45) is 11.7 Å². The maximum atomic E-state index is 12.7. The van der Waals surface area contributed by atoms with Crippen molar-refractivity contribution in [3.63, 3.8) is 0 Å². The Morgan fingerprint density at radius 1 is 1.03 bits per heavy atom. The molecule has 6 nitrogen and oxygen atoms in total. The highest BCUT2D eigenvalue weighted by atomic mass is 35.5. The highest BCUT2D eigenvalue weighted by Gasteiger charge is 2.25. The van der Waals surface area contributed by atoms with Crippen molar-refractivity contribution in [3.05, 3.63) is 59.7 Å². The molecule has 3 amide bonds. The molecular formula is C22H29ClN4O2. The zero-order valence-corrected chi connectivity index (χ0v) is 17.4. The molecule has 0 aliphatic heterocycles. The monoisotopic (exact) mass is 416 g/mol. The number of amides is 3. The number of para-hydroxylation sites is 1. The number of nitrogens with one attached hydrogen (secondary N) is 3. The van der Waals surface area contributed by atoms with Crippen molar-refractivity contribution in [3.8, 4) is 0 Å². The SMILES string of the molecule is Cc1ccc(C(=O)NC2CCCCC2CN)cc1NC(=O)Nc1ccccc1.Cl. The van der Waals surface area contributed by atoms with E-state index < -0.39 is 0 Å². The van der Waals surface area contributed by atoms with Crippen LogP contribution in [0.2, 0.25) is 0 Å². The standard InChI is InChI=1S/C22H28N4O2.ClH/c1-15-11-12-16(21(27)25-19-10-6-5-7-17(19)14-23)13-20(15)26-22(28)24-18-8-3-2-4-9-18;/h2-4,8-9,11-13,17,19H,5-7,10,14,23H2,1H3,(H,25,27)(H2,24,26,28);1H. The summed E-state index contributed by atoms with van der Waals surface area (Å²) in [5.74, 6) is 0.203. The Bertz CT molecular complexity index is 829. The van der Waals surface area contributed by atoms with Gasteiger partial charge in [0, 0.05) is 23.0 Å². The van der Waals surface area contributed by atoms with Crippen LogP contribution >= 0.6 is 12.4 Å². The molecule has 0 saturated heterocycles. The second kappa shape index (κ2) is 10.8. The topological polar surface area (TPSA) is 96.2 Å². The lowest BCUT2D eigenvalue weighted by Crippen LogP contribution is -2.44. The summed E-state index contributed by atoms with van der Waals surface area (Å²) in [6.45, 7) is 2.48. The Balaban J connectivity index is 0.00000300. The predicted octanol–water partition coefficient (Wildman–Crippen LogP) is 4.31. The van der Waals surface area contributed by atoms with Crippen LogP contribution in [0.25, 0.3) is 0 Å². The lowest BCUT2D eigenvalue weighted by molar-refractivity contribution is 0.0908. The fourth-order valence-electron chi connectivity index (χ4n) is 3.64. The molecule has 2 aromatic rings. The summed E-state index contributed by atoms with van der Waals surface area (Å²) in [5, 5.41) is 8.74. The maximum absolute atomic E-state index is 12.7. The average Bonchev–Trinajstić information content (AvgIpc) is 2.70. The van der Waals surface area contributed by atoms with E-state index in [0.717, 1.165) is 24.8 Å². The molecule has 0 heterocycles. The molecule has 0 spiro atoms. The van der Waals surface area contributed by atoms with E-state index in [-0.39, 0.29) is 30.4 Å². The summed E-state index contributed by atoms with van der Waals surface area (Å²) in [6, 6.07) is 14.3. The smallest absolute Gasteiger partial charge is 0.323 e. The largest absolute Gasteiger partial charge is 0.349 e. The Morgan fingerprint density at radius 3 is 2.48 bits per heavy atom. The fraction of sp³-hybridized carbons (Fsp3) is 0.364. The molecule has 0 radical (unpaired) electrons. The van der Waals surface area contributed by atoms with Crippen molar-refractivity contribution >= 4 is 35.7 Å². The normalized spacial score (nSPS) is 18.3. The third-order valence-corrected chi connectivity index (χ3v) is 5.31. The number of halogens is 1. The second-order valence-electron chi connectivity index (χ2n) is 7.34. The summed E-state index contributed by atoms with van der Waals surface area (Å²) >= 11 is 0. The molecule has 5 N–H and O–H groups in total. The fourth-order valence-corrected chi connectivity index (χ4v) is 3.64. The lowest BCUT2D eigenvalue weighted by atomic mass is 9.84. The number of hydrogen-bond donors (Lipinski definition) is 4. The number of hydrogen-bond acceptors (Lipinski definition) is 3. The van der Waals surface area contributed by atoms with Crippen LogP contribution < -0.4 is 21.7 Å². The van der Waals surface area contributed by atoms with Crippen molar-refractivity contribution in [2.75, 3.05) is 17.2 Å². The van der Waals surface area contributed by atoms with Gasteiger partial charge in [0.15, 0.2) is 0 Å². The highest BCUT2D eigenvalue weighted by Crippen LogP contribution is 2.24. The van der Waals surface area contributed by atoms with Gasteiger partial charge in [0.2, 0.25) is 0 Å². The van der Waals surface area contributed by atoms with Crippen LogP contribution in [0, 0.1) is 12.8 Å². The van der Waals surface area contributed by atoms with Crippen molar-refractivity contribution in [1.29, 1.82) is 0 Å². The number of carbonyl (C=O) groups is 2. The van der Waals surface area contributed by atoms with E-state index in [1.165, 1.54) is 6.42 Å². The number of urea groups is 1. The molecule has 3 rings (SSSR count). The Morgan fingerprint density at radius 2 is 1.76 bits per heavy atom. The molecule has 156 valence electrons. The quantitative estimate of drug-likeness (QED) is 0.584. The van der Waals surface area contributed by atoms with Crippen LogP contribution in [-0.4, -0.2) is 24.5 Å². The molecule has 7 heteroatoms. The van der Waals surface area contributed by atoms with Gasteiger partial charge < -0.3 is 21.7 Å². The van der Waals surface area contributed by atoms with E-state index in [2.05, 4.69) is 16.0 Å². The molecule has 1 fully saturated rings. The van der Waals surface area contributed by atoms with Crippen molar-refractivity contribution < 1.29 is 9.59 Å². The van der Waals surface area contributed by atoms with Crippen LogP contribution in [0.3, 0.4) is 0 Å². The molecule has 1 saturated carbocycles. The molecule has 0 bridgehead atoms. The molecule has 1 aliphatic carbocycles. The number of benzene rings is 2. The Kier molecular flexibility index (Phi) is 8.49. The summed E-state index contributed by atoms with van der Waals surface area (Å²) in [5.41, 5.74) is 8.60. The van der Waals surface area contributed by atoms with Gasteiger partial charge in [-0.25, -0.2) is 4.79 Å². The number of rotatable bonds is 5. The molecular weight excluding hydrogens is 388 g/mol. The van der Waals surface area contributed by atoms with Crippen LogP contribution in [0.15, 0.2) is 48.5 Å². The van der Waals surface area contributed by atoms with E-state index in [0.29, 0.717) is 29.4 Å². The van der Waals surface area contributed by atoms with Crippen LogP contribution in [0.4, 0.5) is 16.2 Å². The third kappa shape index (κ3) is 6.21. The van der Waals surface area contributed by atoms with Crippen LogP contribution in [0.5, 0.6) is 0 Å². The van der Waals surface area contributed by atoms with Gasteiger partial charge in [0.25, 0.3) is 5.91 Å². The van der Waals surface area contributed by atoms with E-state index in [9.17, 15) is 9.59 Å². The van der Waals surface area contributed by atoms with Crippen LogP contribution in [-0.2, 0) is 0 Å². The first-order valence-electron chi connectivity index (χ1n) is 9.81. The summed E-state index contributed by atoms with van der Waals surface area (Å²) in [6.07, 6.45) is 4.30. The van der Waals surface area contributed by atoms with Gasteiger partial charge in [0.05, 0.1) is 0 Å². The minimum Gasteiger partial charge on any atom is -0.349 e. The van der Waals surface area contributed by atoms with Gasteiger partial charge >= 0.3 is 6.03 Å². The minimum absolute atomic E-state index is 0.